The first-order valence-electron chi connectivity index (χ1n) is 7.78. The molecule has 0 heteroatoms. The van der Waals surface area contributed by atoms with Crippen molar-refractivity contribution in [2.24, 2.45) is 0 Å². The number of unbranched alkanes of at least 4 members (excludes halogenated alkanes) is 5. The number of benzene rings is 1. The fourth-order valence-electron chi connectivity index (χ4n) is 2.66. The second kappa shape index (κ2) is 8.34. The molecule has 1 aromatic rings. The Balaban J connectivity index is 2.37. The van der Waals surface area contributed by atoms with Crippen molar-refractivity contribution in [1.29, 1.82) is 0 Å². The van der Waals surface area contributed by atoms with E-state index in [1.807, 2.05) is 0 Å². The topological polar surface area (TPSA) is 0 Å². The molecule has 0 saturated carbocycles. The van der Waals surface area contributed by atoms with E-state index in [9.17, 15) is 0 Å². The van der Waals surface area contributed by atoms with Crippen LogP contribution in [0.2, 0.25) is 0 Å². The van der Waals surface area contributed by atoms with Crippen LogP contribution in [0.4, 0.5) is 0 Å². The van der Waals surface area contributed by atoms with Gasteiger partial charge in [0.1, 0.15) is 0 Å². The van der Waals surface area contributed by atoms with E-state index in [1.165, 1.54) is 56.9 Å². The van der Waals surface area contributed by atoms with Crippen molar-refractivity contribution in [3.8, 4) is 0 Å². The van der Waals surface area contributed by atoms with Crippen LogP contribution in [0.25, 0.3) is 0 Å². The molecule has 0 aliphatic heterocycles. The maximum atomic E-state index is 2.42. The highest BCUT2D eigenvalue weighted by Crippen LogP contribution is 2.33. The normalized spacial score (nSPS) is 14.4. The minimum Gasteiger partial charge on any atom is -0.0654 e. The Morgan fingerprint density at radius 2 is 1.44 bits per heavy atom. The van der Waals surface area contributed by atoms with Gasteiger partial charge in [0.05, 0.1) is 0 Å². The summed E-state index contributed by atoms with van der Waals surface area (Å²) in [6, 6.07) is 11.0. The van der Waals surface area contributed by atoms with Gasteiger partial charge in [-0.3, -0.25) is 0 Å². The lowest BCUT2D eigenvalue weighted by Crippen LogP contribution is -2.20. The number of hydrogen-bond donors (Lipinski definition) is 0. The van der Waals surface area contributed by atoms with E-state index >= 15 is 0 Å². The molecule has 0 N–H and O–H groups in total. The smallest absolute Gasteiger partial charge is 0.00779 e. The Bertz CT molecular complexity index is 301. The van der Waals surface area contributed by atoms with Crippen LogP contribution in [0.15, 0.2) is 30.3 Å². The summed E-state index contributed by atoms with van der Waals surface area (Å²) >= 11 is 0. The zero-order chi connectivity index (χ0) is 13.3. The molecule has 0 heterocycles. The Hall–Kier alpha value is -0.780. The molecule has 0 bridgehead atoms. The summed E-state index contributed by atoms with van der Waals surface area (Å²) in [5, 5.41) is 0. The SMILES string of the molecule is CCCCCCCCC(C)(CC)c1ccccc1. The third-order valence-electron chi connectivity index (χ3n) is 4.33. The molecule has 1 unspecified atom stereocenters. The average Bonchev–Trinajstić information content (AvgIpc) is 2.43. The summed E-state index contributed by atoms with van der Waals surface area (Å²) in [6.07, 6.45) is 10.9. The third-order valence-corrected chi connectivity index (χ3v) is 4.33. The molecule has 0 aromatic heterocycles. The van der Waals surface area contributed by atoms with Crippen LogP contribution >= 0.6 is 0 Å². The van der Waals surface area contributed by atoms with Gasteiger partial charge < -0.3 is 0 Å². The molecule has 0 radical (unpaired) electrons. The molecule has 0 fully saturated rings. The van der Waals surface area contributed by atoms with Crippen LogP contribution in [0, 0.1) is 0 Å². The van der Waals surface area contributed by atoms with Crippen molar-refractivity contribution < 1.29 is 0 Å². The van der Waals surface area contributed by atoms with E-state index in [4.69, 9.17) is 0 Å². The van der Waals surface area contributed by atoms with Crippen molar-refractivity contribution in [2.75, 3.05) is 0 Å². The van der Waals surface area contributed by atoms with E-state index in [0.29, 0.717) is 5.41 Å². The fourth-order valence-corrected chi connectivity index (χ4v) is 2.66. The first kappa shape index (κ1) is 15.3. The van der Waals surface area contributed by atoms with Crippen LogP contribution in [0.3, 0.4) is 0 Å². The Kier molecular flexibility index (Phi) is 7.08. The van der Waals surface area contributed by atoms with E-state index in [0.717, 1.165) is 0 Å². The van der Waals surface area contributed by atoms with Gasteiger partial charge in [0.25, 0.3) is 0 Å². The Morgan fingerprint density at radius 3 is 2.06 bits per heavy atom. The predicted molar refractivity (Wildman–Crippen MR) is 82.1 cm³/mol. The zero-order valence-corrected chi connectivity index (χ0v) is 12.5. The molecule has 0 aliphatic carbocycles. The molecule has 0 nitrogen and oxygen atoms in total. The molecule has 0 saturated heterocycles. The molecule has 18 heavy (non-hydrogen) atoms. The molecule has 0 aliphatic rings. The first-order valence-corrected chi connectivity index (χ1v) is 7.78. The van der Waals surface area contributed by atoms with Crippen molar-refractivity contribution in [1.82, 2.24) is 0 Å². The van der Waals surface area contributed by atoms with Crippen LogP contribution in [-0.4, -0.2) is 0 Å². The second-order valence-electron chi connectivity index (χ2n) is 5.80. The molecule has 1 aromatic carbocycles. The molecular weight excluding hydrogens is 216 g/mol. The van der Waals surface area contributed by atoms with Crippen molar-refractivity contribution in [2.45, 2.75) is 77.6 Å². The first-order chi connectivity index (χ1) is 8.73. The monoisotopic (exact) mass is 246 g/mol. The minimum atomic E-state index is 0.381. The second-order valence-corrected chi connectivity index (χ2v) is 5.80. The largest absolute Gasteiger partial charge is 0.0654 e. The van der Waals surface area contributed by atoms with Crippen molar-refractivity contribution in [3.63, 3.8) is 0 Å². The number of rotatable bonds is 9. The van der Waals surface area contributed by atoms with Gasteiger partial charge in [-0.15, -0.1) is 0 Å². The highest BCUT2D eigenvalue weighted by Gasteiger charge is 2.23. The summed E-state index contributed by atoms with van der Waals surface area (Å²) in [5.74, 6) is 0. The average molecular weight is 246 g/mol. The lowest BCUT2D eigenvalue weighted by atomic mass is 9.76. The van der Waals surface area contributed by atoms with Crippen LogP contribution in [0.5, 0.6) is 0 Å². The number of hydrogen-bond acceptors (Lipinski definition) is 0. The van der Waals surface area contributed by atoms with Gasteiger partial charge in [-0.1, -0.05) is 89.6 Å². The standard InChI is InChI=1S/C18H30/c1-4-6-7-8-9-13-16-18(3,5-2)17-14-11-10-12-15-17/h10-12,14-15H,4-9,13,16H2,1-3H3. The Morgan fingerprint density at radius 1 is 0.833 bits per heavy atom. The lowest BCUT2D eigenvalue weighted by molar-refractivity contribution is 0.394. The highest BCUT2D eigenvalue weighted by atomic mass is 14.3. The molecular formula is C18H30. The van der Waals surface area contributed by atoms with Crippen LogP contribution in [0.1, 0.15) is 77.7 Å². The lowest BCUT2D eigenvalue weighted by Gasteiger charge is -2.29. The fraction of sp³-hybridized carbons (Fsp3) is 0.667. The molecule has 1 rings (SSSR count). The van der Waals surface area contributed by atoms with Crippen LogP contribution < -0.4 is 0 Å². The quantitative estimate of drug-likeness (QED) is 0.461. The molecule has 1 atom stereocenters. The van der Waals surface area contributed by atoms with Crippen molar-refractivity contribution >= 4 is 0 Å². The van der Waals surface area contributed by atoms with Gasteiger partial charge in [-0.05, 0) is 23.8 Å². The van der Waals surface area contributed by atoms with Gasteiger partial charge >= 0.3 is 0 Å². The van der Waals surface area contributed by atoms with Gasteiger partial charge in [-0.25, -0.2) is 0 Å². The molecule has 0 spiro atoms. The highest BCUT2D eigenvalue weighted by molar-refractivity contribution is 5.24. The summed E-state index contributed by atoms with van der Waals surface area (Å²) in [6.45, 7) is 7.03. The van der Waals surface area contributed by atoms with Gasteiger partial charge in [0.15, 0.2) is 0 Å². The minimum absolute atomic E-state index is 0.381. The van der Waals surface area contributed by atoms with E-state index in [2.05, 4.69) is 51.1 Å². The third kappa shape index (κ3) is 4.84. The summed E-state index contributed by atoms with van der Waals surface area (Å²) in [5.41, 5.74) is 1.90. The van der Waals surface area contributed by atoms with Crippen LogP contribution in [-0.2, 0) is 5.41 Å². The predicted octanol–water partition coefficient (Wildman–Crippen LogP) is 6.10. The maximum Gasteiger partial charge on any atom is -0.00779 e. The van der Waals surface area contributed by atoms with E-state index in [1.54, 1.807) is 0 Å². The van der Waals surface area contributed by atoms with Crippen molar-refractivity contribution in [3.05, 3.63) is 35.9 Å². The zero-order valence-electron chi connectivity index (χ0n) is 12.5. The molecule has 102 valence electrons. The van der Waals surface area contributed by atoms with Gasteiger partial charge in [-0.2, -0.15) is 0 Å². The van der Waals surface area contributed by atoms with Gasteiger partial charge in [0, 0.05) is 0 Å². The Labute approximate surface area is 114 Å². The van der Waals surface area contributed by atoms with E-state index in [-0.39, 0.29) is 0 Å². The van der Waals surface area contributed by atoms with Gasteiger partial charge in [0.2, 0.25) is 0 Å². The summed E-state index contributed by atoms with van der Waals surface area (Å²) < 4.78 is 0. The molecule has 0 amide bonds. The summed E-state index contributed by atoms with van der Waals surface area (Å²) in [7, 11) is 0. The maximum absolute atomic E-state index is 2.42. The van der Waals surface area contributed by atoms with E-state index < -0.39 is 0 Å². The summed E-state index contributed by atoms with van der Waals surface area (Å²) in [4.78, 5) is 0.